The Kier molecular flexibility index (Phi) is 1.20. The van der Waals surface area contributed by atoms with Gasteiger partial charge in [-0.2, -0.15) is 0 Å². The molecule has 44 valence electrons. The quantitative estimate of drug-likeness (QED) is 0.465. The van der Waals surface area contributed by atoms with E-state index in [-0.39, 0.29) is 6.17 Å². The predicted molar refractivity (Wildman–Crippen MR) is 29.9 cm³/mol. The van der Waals surface area contributed by atoms with E-state index in [2.05, 4.69) is 5.32 Å². The summed E-state index contributed by atoms with van der Waals surface area (Å²) in [6.45, 7) is 0. The van der Waals surface area contributed by atoms with E-state index >= 15 is 0 Å². The number of carbonyl (C=O) groups is 1. The number of hydrogen-bond donors (Lipinski definition) is 1. The monoisotopic (exact) mass is 112 g/mol. The number of nitrogens with zero attached hydrogens (tertiary/aromatic N) is 1. The lowest BCUT2D eigenvalue weighted by atomic mass is 10.5. The number of aldehydes is 1. The van der Waals surface area contributed by atoms with Gasteiger partial charge in [-0.1, -0.05) is 0 Å². The number of likely N-dealkylation sites (N-methyl/N-ethyl adjacent to an activating group) is 1. The predicted octanol–water partition coefficient (Wildman–Crippen LogP) is -0.482. The van der Waals surface area contributed by atoms with Gasteiger partial charge in [0.25, 0.3) is 0 Å². The molecule has 3 heteroatoms. The van der Waals surface area contributed by atoms with Gasteiger partial charge in [-0.15, -0.1) is 0 Å². The standard InChI is InChI=1S/C5H8N2O/c1-7-3-2-6-5(7)4-8/h2-6H,1H3. The summed E-state index contributed by atoms with van der Waals surface area (Å²) in [5.74, 6) is 0. The summed E-state index contributed by atoms with van der Waals surface area (Å²) in [7, 11) is 1.84. The topological polar surface area (TPSA) is 32.3 Å². The highest BCUT2D eigenvalue weighted by Gasteiger charge is 2.10. The van der Waals surface area contributed by atoms with Gasteiger partial charge in [0.2, 0.25) is 0 Å². The molecule has 3 nitrogen and oxygen atoms in total. The molecule has 8 heavy (non-hydrogen) atoms. The Morgan fingerprint density at radius 1 is 1.88 bits per heavy atom. The molecule has 0 aromatic carbocycles. The Hall–Kier alpha value is -0.990. The fourth-order valence-corrected chi connectivity index (χ4v) is 0.605. The van der Waals surface area contributed by atoms with Crippen LogP contribution in [0.2, 0.25) is 0 Å². The van der Waals surface area contributed by atoms with Crippen LogP contribution in [-0.4, -0.2) is 24.4 Å². The van der Waals surface area contributed by atoms with Gasteiger partial charge in [-0.25, -0.2) is 0 Å². The van der Waals surface area contributed by atoms with E-state index in [0.29, 0.717) is 0 Å². The van der Waals surface area contributed by atoms with Gasteiger partial charge >= 0.3 is 0 Å². The third kappa shape index (κ3) is 0.665. The molecule has 0 aromatic rings. The summed E-state index contributed by atoms with van der Waals surface area (Å²) in [5, 5.41) is 2.83. The average molecular weight is 112 g/mol. The van der Waals surface area contributed by atoms with E-state index in [1.807, 2.05) is 13.2 Å². The lowest BCUT2D eigenvalue weighted by Gasteiger charge is -2.13. The Bertz CT molecular complexity index is 122. The van der Waals surface area contributed by atoms with Crippen molar-refractivity contribution in [2.75, 3.05) is 7.05 Å². The van der Waals surface area contributed by atoms with Crippen LogP contribution in [0.4, 0.5) is 0 Å². The van der Waals surface area contributed by atoms with Crippen LogP contribution in [0.25, 0.3) is 0 Å². The van der Waals surface area contributed by atoms with Gasteiger partial charge in [0.1, 0.15) is 0 Å². The first-order valence-corrected chi connectivity index (χ1v) is 2.44. The number of rotatable bonds is 1. The zero-order valence-corrected chi connectivity index (χ0v) is 4.66. The first kappa shape index (κ1) is 5.15. The number of hydrogen-bond acceptors (Lipinski definition) is 3. The molecule has 1 unspecified atom stereocenters. The lowest BCUT2D eigenvalue weighted by Crippen LogP contribution is -2.33. The summed E-state index contributed by atoms with van der Waals surface area (Å²) in [6, 6.07) is 0. The normalized spacial score (nSPS) is 25.6. The zero-order valence-electron chi connectivity index (χ0n) is 4.66. The molecule has 0 saturated heterocycles. The van der Waals surface area contributed by atoms with Crippen LogP contribution < -0.4 is 5.32 Å². The van der Waals surface area contributed by atoms with Crippen molar-refractivity contribution in [2.24, 2.45) is 0 Å². The van der Waals surface area contributed by atoms with Crippen LogP contribution in [0.3, 0.4) is 0 Å². The fraction of sp³-hybridized carbons (Fsp3) is 0.400. The van der Waals surface area contributed by atoms with Gasteiger partial charge in [0, 0.05) is 19.4 Å². The summed E-state index contributed by atoms with van der Waals surface area (Å²) < 4.78 is 0. The van der Waals surface area contributed by atoms with Crippen molar-refractivity contribution in [1.82, 2.24) is 10.2 Å². The minimum absolute atomic E-state index is 0.144. The molecule has 1 rings (SSSR count). The van der Waals surface area contributed by atoms with Gasteiger partial charge in [-0.3, -0.25) is 4.79 Å². The smallest absolute Gasteiger partial charge is 0.162 e. The van der Waals surface area contributed by atoms with Crippen LogP contribution in [-0.2, 0) is 4.79 Å². The molecule has 0 bridgehead atoms. The van der Waals surface area contributed by atoms with Crippen molar-refractivity contribution in [1.29, 1.82) is 0 Å². The highest BCUT2D eigenvalue weighted by atomic mass is 16.1. The fourth-order valence-electron chi connectivity index (χ4n) is 0.605. The van der Waals surface area contributed by atoms with Gasteiger partial charge in [0.15, 0.2) is 12.5 Å². The third-order valence-corrected chi connectivity index (χ3v) is 1.14. The molecule has 1 aliphatic rings. The van der Waals surface area contributed by atoms with Crippen LogP contribution in [0, 0.1) is 0 Å². The highest BCUT2D eigenvalue weighted by molar-refractivity contribution is 5.58. The average Bonchev–Trinajstić information content (AvgIpc) is 2.14. The molecule has 0 amide bonds. The number of carbonyl (C=O) groups excluding carboxylic acids is 1. The van der Waals surface area contributed by atoms with Crippen molar-refractivity contribution < 1.29 is 4.79 Å². The van der Waals surface area contributed by atoms with Gasteiger partial charge in [-0.05, 0) is 0 Å². The van der Waals surface area contributed by atoms with Crippen molar-refractivity contribution >= 4 is 6.29 Å². The Labute approximate surface area is 48.0 Å². The van der Waals surface area contributed by atoms with Crippen LogP contribution >= 0.6 is 0 Å². The lowest BCUT2D eigenvalue weighted by molar-refractivity contribution is -0.111. The molecule has 0 spiro atoms. The SMILES string of the molecule is CN1C=CNC1C=O. The first-order valence-electron chi connectivity index (χ1n) is 2.44. The Morgan fingerprint density at radius 3 is 2.88 bits per heavy atom. The van der Waals surface area contributed by atoms with Crippen LogP contribution in [0.15, 0.2) is 12.4 Å². The first-order chi connectivity index (χ1) is 3.84. The maximum atomic E-state index is 10.1. The van der Waals surface area contributed by atoms with Crippen LogP contribution in [0.5, 0.6) is 0 Å². The molecular weight excluding hydrogens is 104 g/mol. The number of nitrogens with one attached hydrogen (secondary N) is 1. The largest absolute Gasteiger partial charge is 0.364 e. The minimum Gasteiger partial charge on any atom is -0.364 e. The molecule has 0 aromatic heterocycles. The molecule has 1 aliphatic heterocycles. The molecule has 1 atom stereocenters. The molecule has 1 N–H and O–H groups in total. The molecule has 0 radical (unpaired) electrons. The van der Waals surface area contributed by atoms with E-state index in [1.54, 1.807) is 11.1 Å². The maximum Gasteiger partial charge on any atom is 0.162 e. The van der Waals surface area contributed by atoms with E-state index in [4.69, 9.17) is 0 Å². The highest BCUT2D eigenvalue weighted by Crippen LogP contribution is 1.95. The molecule has 0 saturated carbocycles. The summed E-state index contributed by atoms with van der Waals surface area (Å²) in [4.78, 5) is 11.9. The van der Waals surface area contributed by atoms with E-state index in [9.17, 15) is 4.79 Å². The van der Waals surface area contributed by atoms with E-state index < -0.39 is 0 Å². The van der Waals surface area contributed by atoms with Crippen molar-refractivity contribution in [2.45, 2.75) is 6.17 Å². The van der Waals surface area contributed by atoms with Crippen LogP contribution in [0.1, 0.15) is 0 Å². The summed E-state index contributed by atoms with van der Waals surface area (Å²) in [6.07, 6.45) is 4.29. The Morgan fingerprint density at radius 2 is 2.62 bits per heavy atom. The van der Waals surface area contributed by atoms with Gasteiger partial charge in [0.05, 0.1) is 0 Å². The second kappa shape index (κ2) is 1.86. The Balaban J connectivity index is 2.50. The van der Waals surface area contributed by atoms with Crippen molar-refractivity contribution in [3.8, 4) is 0 Å². The summed E-state index contributed by atoms with van der Waals surface area (Å²) in [5.41, 5.74) is 0. The van der Waals surface area contributed by atoms with Crippen molar-refractivity contribution in [3.63, 3.8) is 0 Å². The third-order valence-electron chi connectivity index (χ3n) is 1.14. The second-order valence-corrected chi connectivity index (χ2v) is 1.73. The molecule has 0 aliphatic carbocycles. The minimum atomic E-state index is -0.144. The van der Waals surface area contributed by atoms with E-state index in [1.165, 1.54) is 0 Å². The molecular formula is C5H8N2O. The van der Waals surface area contributed by atoms with E-state index in [0.717, 1.165) is 6.29 Å². The summed E-state index contributed by atoms with van der Waals surface area (Å²) >= 11 is 0. The maximum absolute atomic E-state index is 10.1. The second-order valence-electron chi connectivity index (χ2n) is 1.73. The van der Waals surface area contributed by atoms with Crippen molar-refractivity contribution in [3.05, 3.63) is 12.4 Å². The zero-order chi connectivity index (χ0) is 5.98. The molecule has 1 heterocycles. The molecule has 0 fully saturated rings. The van der Waals surface area contributed by atoms with Gasteiger partial charge < -0.3 is 10.2 Å².